The highest BCUT2D eigenvalue weighted by atomic mass is 32.2. The van der Waals surface area contributed by atoms with Crippen molar-refractivity contribution in [3.8, 4) is 5.75 Å². The minimum Gasteiger partial charge on any atom is -0.497 e. The first-order valence-corrected chi connectivity index (χ1v) is 8.91. The molecule has 0 saturated heterocycles. The number of aryl methyl sites for hydroxylation is 1. The first kappa shape index (κ1) is 16.9. The molecule has 0 aliphatic carbocycles. The van der Waals surface area contributed by atoms with Gasteiger partial charge in [-0.15, -0.1) is 0 Å². The van der Waals surface area contributed by atoms with E-state index >= 15 is 0 Å². The number of ether oxygens (including phenoxy) is 1. The second-order valence-corrected chi connectivity index (χ2v) is 7.83. The number of hydrogen-bond acceptors (Lipinski definition) is 5. The van der Waals surface area contributed by atoms with Gasteiger partial charge in [0.2, 0.25) is 20.0 Å². The molecule has 0 radical (unpaired) electrons. The Morgan fingerprint density at radius 2 is 1.85 bits per heavy atom. The molecule has 0 saturated carbocycles. The zero-order valence-corrected chi connectivity index (χ0v) is 13.1. The van der Waals surface area contributed by atoms with Crippen LogP contribution in [0.4, 0.5) is 0 Å². The van der Waals surface area contributed by atoms with Crippen molar-refractivity contribution in [1.82, 2.24) is 9.44 Å². The van der Waals surface area contributed by atoms with E-state index in [0.717, 1.165) is 0 Å². The zero-order chi connectivity index (χ0) is 15.4. The van der Waals surface area contributed by atoms with Gasteiger partial charge in [0.1, 0.15) is 5.75 Å². The molecule has 9 heteroatoms. The lowest BCUT2D eigenvalue weighted by Gasteiger charge is -2.10. The van der Waals surface area contributed by atoms with Crippen LogP contribution >= 0.6 is 0 Å². The molecule has 1 aromatic rings. The maximum atomic E-state index is 12.1. The minimum atomic E-state index is -3.74. The number of methoxy groups -OCH3 is 1. The highest BCUT2D eigenvalue weighted by Gasteiger charge is 2.18. The lowest BCUT2D eigenvalue weighted by Crippen LogP contribution is -2.33. The lowest BCUT2D eigenvalue weighted by molar-refractivity contribution is 0.414. The second-order valence-electron chi connectivity index (χ2n) is 4.05. The van der Waals surface area contributed by atoms with Crippen molar-refractivity contribution in [3.05, 3.63) is 23.8 Å². The van der Waals surface area contributed by atoms with Crippen molar-refractivity contribution in [2.24, 2.45) is 0 Å². The smallest absolute Gasteiger partial charge is 0.240 e. The fraction of sp³-hybridized carbons (Fsp3) is 0.455. The summed E-state index contributed by atoms with van der Waals surface area (Å²) in [6, 6.07) is 4.55. The van der Waals surface area contributed by atoms with Crippen LogP contribution in [0.15, 0.2) is 23.1 Å². The normalized spacial score (nSPS) is 12.3. The summed E-state index contributed by atoms with van der Waals surface area (Å²) < 4.78 is 55.9. The molecule has 0 fully saturated rings. The van der Waals surface area contributed by atoms with E-state index in [1.165, 1.54) is 26.3 Å². The third-order valence-electron chi connectivity index (χ3n) is 2.65. The summed E-state index contributed by atoms with van der Waals surface area (Å²) >= 11 is 0. The average molecular weight is 322 g/mol. The van der Waals surface area contributed by atoms with E-state index in [0.29, 0.717) is 11.3 Å². The summed E-state index contributed by atoms with van der Waals surface area (Å²) in [7, 11) is -4.42. The Hall–Kier alpha value is -1.16. The average Bonchev–Trinajstić information content (AvgIpc) is 2.37. The second kappa shape index (κ2) is 6.53. The Kier molecular flexibility index (Phi) is 5.51. The van der Waals surface area contributed by atoms with Gasteiger partial charge >= 0.3 is 0 Å². The molecule has 0 aromatic heterocycles. The molecule has 0 atom stereocenters. The monoisotopic (exact) mass is 322 g/mol. The van der Waals surface area contributed by atoms with E-state index in [-0.39, 0.29) is 17.2 Å². The van der Waals surface area contributed by atoms with Crippen molar-refractivity contribution in [2.75, 3.05) is 26.5 Å². The fourth-order valence-corrected chi connectivity index (χ4v) is 3.50. The quantitative estimate of drug-likeness (QED) is 0.726. The highest BCUT2D eigenvalue weighted by Crippen LogP contribution is 2.20. The minimum absolute atomic E-state index is 0.0974. The maximum absolute atomic E-state index is 12.1. The van der Waals surface area contributed by atoms with E-state index in [4.69, 9.17) is 4.74 Å². The van der Waals surface area contributed by atoms with E-state index in [1.54, 1.807) is 13.0 Å². The Morgan fingerprint density at radius 3 is 2.35 bits per heavy atom. The standard InChI is InChI=1S/C11H18N2O5S2/c1-9-8-10(18-3)4-5-11(9)20(16,17)13-6-7-19(14,15)12-2/h4-5,8,12-13H,6-7H2,1-3H3. The van der Waals surface area contributed by atoms with Crippen LogP contribution in [0.25, 0.3) is 0 Å². The zero-order valence-electron chi connectivity index (χ0n) is 11.5. The molecule has 1 aromatic carbocycles. The van der Waals surface area contributed by atoms with Crippen molar-refractivity contribution in [1.29, 1.82) is 0 Å². The van der Waals surface area contributed by atoms with Crippen LogP contribution < -0.4 is 14.2 Å². The number of sulfonamides is 2. The van der Waals surface area contributed by atoms with Crippen molar-refractivity contribution < 1.29 is 21.6 Å². The first-order chi connectivity index (χ1) is 9.22. The molecular formula is C11H18N2O5S2. The molecule has 114 valence electrons. The predicted molar refractivity (Wildman–Crippen MR) is 75.8 cm³/mol. The molecule has 0 heterocycles. The van der Waals surface area contributed by atoms with Crippen LogP contribution in [-0.4, -0.2) is 43.3 Å². The summed E-state index contributed by atoms with van der Waals surface area (Å²) in [5.41, 5.74) is 0.522. The van der Waals surface area contributed by atoms with Gasteiger partial charge in [0.25, 0.3) is 0 Å². The molecule has 0 aliphatic heterocycles. The molecule has 7 nitrogen and oxygen atoms in total. The van der Waals surface area contributed by atoms with Crippen LogP contribution in [0, 0.1) is 6.92 Å². The number of benzene rings is 1. The molecular weight excluding hydrogens is 304 g/mol. The third-order valence-corrected chi connectivity index (χ3v) is 5.63. The summed E-state index contributed by atoms with van der Waals surface area (Å²) in [5.74, 6) is 0.233. The fourth-order valence-electron chi connectivity index (χ4n) is 1.54. The van der Waals surface area contributed by atoms with Crippen LogP contribution in [0.5, 0.6) is 5.75 Å². The summed E-state index contributed by atoms with van der Waals surface area (Å²) in [6.45, 7) is 1.44. The summed E-state index contributed by atoms with van der Waals surface area (Å²) in [6.07, 6.45) is 0. The van der Waals surface area contributed by atoms with Gasteiger partial charge in [0.15, 0.2) is 0 Å². The lowest BCUT2D eigenvalue weighted by atomic mass is 10.2. The Balaban J connectivity index is 2.84. The van der Waals surface area contributed by atoms with Crippen molar-refractivity contribution in [2.45, 2.75) is 11.8 Å². The largest absolute Gasteiger partial charge is 0.497 e. The topological polar surface area (TPSA) is 102 Å². The van der Waals surface area contributed by atoms with Crippen LogP contribution in [0.1, 0.15) is 5.56 Å². The molecule has 0 spiro atoms. The van der Waals surface area contributed by atoms with Gasteiger partial charge in [-0.05, 0) is 37.7 Å². The van der Waals surface area contributed by atoms with Crippen LogP contribution in [0.2, 0.25) is 0 Å². The van der Waals surface area contributed by atoms with Crippen molar-refractivity contribution in [3.63, 3.8) is 0 Å². The number of rotatable bonds is 7. The van der Waals surface area contributed by atoms with Gasteiger partial charge in [-0.3, -0.25) is 0 Å². The van der Waals surface area contributed by atoms with E-state index in [1.807, 2.05) is 0 Å². The predicted octanol–water partition coefficient (Wildman–Crippen LogP) is -0.169. The van der Waals surface area contributed by atoms with E-state index in [9.17, 15) is 16.8 Å². The molecule has 2 N–H and O–H groups in total. The molecule has 0 amide bonds. The Morgan fingerprint density at radius 1 is 1.20 bits per heavy atom. The SMILES string of the molecule is CNS(=O)(=O)CCNS(=O)(=O)c1ccc(OC)cc1C. The summed E-state index contributed by atoms with van der Waals surface area (Å²) in [4.78, 5) is 0.0974. The molecule has 20 heavy (non-hydrogen) atoms. The Bertz CT molecular complexity index is 668. The van der Waals surface area contributed by atoms with Gasteiger partial charge in [0, 0.05) is 6.54 Å². The van der Waals surface area contributed by atoms with Crippen molar-refractivity contribution >= 4 is 20.0 Å². The highest BCUT2D eigenvalue weighted by molar-refractivity contribution is 7.90. The molecule has 0 bridgehead atoms. The maximum Gasteiger partial charge on any atom is 0.240 e. The van der Waals surface area contributed by atoms with E-state index < -0.39 is 20.0 Å². The van der Waals surface area contributed by atoms with Gasteiger partial charge in [-0.2, -0.15) is 0 Å². The van der Waals surface area contributed by atoms with Gasteiger partial charge in [-0.1, -0.05) is 0 Å². The van der Waals surface area contributed by atoms with Crippen LogP contribution in [0.3, 0.4) is 0 Å². The van der Waals surface area contributed by atoms with Crippen LogP contribution in [-0.2, 0) is 20.0 Å². The van der Waals surface area contributed by atoms with Gasteiger partial charge in [-0.25, -0.2) is 26.3 Å². The van der Waals surface area contributed by atoms with Gasteiger partial charge in [0.05, 0.1) is 17.8 Å². The molecule has 0 unspecified atom stereocenters. The Labute approximate surface area is 119 Å². The van der Waals surface area contributed by atoms with E-state index in [2.05, 4.69) is 9.44 Å². The number of nitrogens with one attached hydrogen (secondary N) is 2. The molecule has 1 rings (SSSR count). The third kappa shape index (κ3) is 4.44. The van der Waals surface area contributed by atoms with Gasteiger partial charge < -0.3 is 4.74 Å². The number of hydrogen-bond donors (Lipinski definition) is 2. The first-order valence-electron chi connectivity index (χ1n) is 5.77. The molecule has 0 aliphatic rings. The summed E-state index contributed by atoms with van der Waals surface area (Å²) in [5, 5.41) is 0.